The van der Waals surface area contributed by atoms with Crippen LogP contribution in [0.25, 0.3) is 0 Å². The Balaban J connectivity index is 1.49. The minimum Gasteiger partial charge on any atom is -0.478 e. The number of nitrogens with zero attached hydrogens (tertiary/aromatic N) is 1. The smallest absolute Gasteiger partial charge is 0.335 e. The molecule has 26 heavy (non-hydrogen) atoms. The molecule has 0 bridgehead atoms. The van der Waals surface area contributed by atoms with E-state index < -0.39 is 5.97 Å². The van der Waals surface area contributed by atoms with Gasteiger partial charge in [0.25, 0.3) is 5.91 Å². The van der Waals surface area contributed by atoms with E-state index in [0.717, 1.165) is 38.0 Å². The summed E-state index contributed by atoms with van der Waals surface area (Å²) in [6, 6.07) is 16.3. The lowest BCUT2D eigenvalue weighted by Crippen LogP contribution is -2.40. The van der Waals surface area contributed by atoms with Gasteiger partial charge in [0.15, 0.2) is 0 Å². The maximum atomic E-state index is 12.2. The first-order chi connectivity index (χ1) is 12.6. The molecule has 1 aliphatic rings. The van der Waals surface area contributed by atoms with Gasteiger partial charge in [-0.1, -0.05) is 30.3 Å². The molecule has 0 saturated carbocycles. The number of likely N-dealkylation sites (tertiary alicyclic amines) is 1. The Hall–Kier alpha value is -2.66. The molecule has 1 fully saturated rings. The largest absolute Gasteiger partial charge is 0.478 e. The quantitative estimate of drug-likeness (QED) is 0.838. The monoisotopic (exact) mass is 352 g/mol. The molecule has 1 unspecified atom stereocenters. The van der Waals surface area contributed by atoms with Gasteiger partial charge in [-0.15, -0.1) is 0 Å². The maximum absolute atomic E-state index is 12.2. The minimum atomic E-state index is -0.899. The highest BCUT2D eigenvalue weighted by molar-refractivity contribution is 5.94. The summed E-state index contributed by atoms with van der Waals surface area (Å²) in [5, 5.41) is 12.0. The number of rotatable bonds is 6. The van der Waals surface area contributed by atoms with E-state index in [4.69, 9.17) is 5.11 Å². The van der Waals surface area contributed by atoms with Crippen LogP contribution in [0.4, 0.5) is 0 Å². The van der Waals surface area contributed by atoms with Crippen molar-refractivity contribution in [1.29, 1.82) is 0 Å². The number of benzene rings is 2. The summed E-state index contributed by atoms with van der Waals surface area (Å²) in [5.74, 6) is -0.481. The Bertz CT molecular complexity index is 744. The third-order valence-corrected chi connectivity index (χ3v) is 4.80. The van der Waals surface area contributed by atoms with Crippen LogP contribution >= 0.6 is 0 Å². The number of carbonyl (C=O) groups is 2. The van der Waals surface area contributed by atoms with Crippen LogP contribution in [0.3, 0.4) is 0 Å². The van der Waals surface area contributed by atoms with Crippen LogP contribution in [0.1, 0.15) is 39.1 Å². The van der Waals surface area contributed by atoms with Gasteiger partial charge >= 0.3 is 5.97 Å². The van der Waals surface area contributed by atoms with E-state index in [2.05, 4.69) is 10.2 Å². The number of hydrogen-bond donors (Lipinski definition) is 2. The van der Waals surface area contributed by atoms with Crippen molar-refractivity contribution in [2.75, 3.05) is 19.6 Å². The molecule has 5 heteroatoms. The van der Waals surface area contributed by atoms with Crippen LogP contribution in [0.15, 0.2) is 54.6 Å². The average molecular weight is 352 g/mol. The average Bonchev–Trinajstić information content (AvgIpc) is 2.67. The van der Waals surface area contributed by atoms with E-state index >= 15 is 0 Å². The topological polar surface area (TPSA) is 69.6 Å². The molecule has 2 aromatic rings. The molecule has 3 rings (SSSR count). The van der Waals surface area contributed by atoms with Crippen molar-refractivity contribution < 1.29 is 14.7 Å². The van der Waals surface area contributed by atoms with Crippen molar-refractivity contribution in [3.05, 3.63) is 71.3 Å². The standard InChI is InChI=1S/C21H24N2O3/c24-20(18-6-2-1-3-7-18)22-13-17-5-4-12-23(15-17)14-16-8-10-19(11-9-16)21(25)26/h1-3,6-11,17H,4-5,12-15H2,(H,22,24)(H,25,26). The first-order valence-corrected chi connectivity index (χ1v) is 8.99. The molecule has 1 amide bonds. The lowest BCUT2D eigenvalue weighted by Gasteiger charge is -2.32. The summed E-state index contributed by atoms with van der Waals surface area (Å²) >= 11 is 0. The van der Waals surface area contributed by atoms with E-state index in [0.29, 0.717) is 23.6 Å². The van der Waals surface area contributed by atoms with E-state index in [-0.39, 0.29) is 5.91 Å². The Morgan fingerprint density at radius 3 is 2.46 bits per heavy atom. The predicted molar refractivity (Wildman–Crippen MR) is 100 cm³/mol. The number of carbonyl (C=O) groups excluding carboxylic acids is 1. The number of nitrogens with one attached hydrogen (secondary N) is 1. The summed E-state index contributed by atoms with van der Waals surface area (Å²) in [4.78, 5) is 25.5. The van der Waals surface area contributed by atoms with Crippen molar-refractivity contribution in [3.8, 4) is 0 Å². The fourth-order valence-corrected chi connectivity index (χ4v) is 3.40. The van der Waals surface area contributed by atoms with Gasteiger partial charge in [-0.2, -0.15) is 0 Å². The molecule has 0 aliphatic carbocycles. The second-order valence-electron chi connectivity index (χ2n) is 6.82. The van der Waals surface area contributed by atoms with Crippen LogP contribution in [0.2, 0.25) is 0 Å². The number of amides is 1. The van der Waals surface area contributed by atoms with Crippen molar-refractivity contribution in [3.63, 3.8) is 0 Å². The number of piperidine rings is 1. The molecule has 0 radical (unpaired) electrons. The van der Waals surface area contributed by atoms with Gasteiger partial charge in [0.2, 0.25) is 0 Å². The molecule has 0 aromatic heterocycles. The lowest BCUT2D eigenvalue weighted by atomic mass is 9.97. The number of aromatic carboxylic acids is 1. The third kappa shape index (κ3) is 4.92. The molecule has 1 saturated heterocycles. The van der Waals surface area contributed by atoms with Gasteiger partial charge in [0.05, 0.1) is 5.56 Å². The summed E-state index contributed by atoms with van der Waals surface area (Å²) < 4.78 is 0. The minimum absolute atomic E-state index is 0.0213. The Morgan fingerprint density at radius 1 is 1.04 bits per heavy atom. The zero-order valence-electron chi connectivity index (χ0n) is 14.7. The number of hydrogen-bond acceptors (Lipinski definition) is 3. The summed E-state index contributed by atoms with van der Waals surface area (Å²) in [7, 11) is 0. The van der Waals surface area contributed by atoms with Gasteiger partial charge in [-0.25, -0.2) is 4.79 Å². The first-order valence-electron chi connectivity index (χ1n) is 8.99. The maximum Gasteiger partial charge on any atom is 0.335 e. The summed E-state index contributed by atoms with van der Waals surface area (Å²) in [6.07, 6.45) is 2.22. The molecule has 5 nitrogen and oxygen atoms in total. The zero-order valence-corrected chi connectivity index (χ0v) is 14.7. The molecule has 1 heterocycles. The van der Waals surface area contributed by atoms with Crippen LogP contribution in [-0.2, 0) is 6.54 Å². The molecular weight excluding hydrogens is 328 g/mol. The summed E-state index contributed by atoms with van der Waals surface area (Å²) in [6.45, 7) is 3.46. The lowest BCUT2D eigenvalue weighted by molar-refractivity contribution is 0.0696. The second kappa shape index (κ2) is 8.63. The van der Waals surface area contributed by atoms with Crippen molar-refractivity contribution >= 4 is 11.9 Å². The molecule has 2 N–H and O–H groups in total. The van der Waals surface area contributed by atoms with E-state index in [1.54, 1.807) is 12.1 Å². The Kier molecular flexibility index (Phi) is 6.02. The van der Waals surface area contributed by atoms with Crippen molar-refractivity contribution in [2.24, 2.45) is 5.92 Å². The van der Waals surface area contributed by atoms with Crippen LogP contribution in [0, 0.1) is 5.92 Å². The highest BCUT2D eigenvalue weighted by atomic mass is 16.4. The van der Waals surface area contributed by atoms with Crippen LogP contribution in [-0.4, -0.2) is 41.5 Å². The molecule has 0 spiro atoms. The van der Waals surface area contributed by atoms with E-state index in [1.165, 1.54) is 0 Å². The van der Waals surface area contributed by atoms with Gasteiger partial charge in [0, 0.05) is 25.2 Å². The van der Waals surface area contributed by atoms with E-state index in [1.807, 2.05) is 42.5 Å². The van der Waals surface area contributed by atoms with Crippen molar-refractivity contribution in [1.82, 2.24) is 10.2 Å². The Morgan fingerprint density at radius 2 is 1.77 bits per heavy atom. The van der Waals surface area contributed by atoms with Gasteiger partial charge < -0.3 is 10.4 Å². The fraction of sp³-hybridized carbons (Fsp3) is 0.333. The third-order valence-electron chi connectivity index (χ3n) is 4.80. The highest BCUT2D eigenvalue weighted by Gasteiger charge is 2.20. The second-order valence-corrected chi connectivity index (χ2v) is 6.82. The Labute approximate surface area is 153 Å². The van der Waals surface area contributed by atoms with Gasteiger partial charge in [-0.3, -0.25) is 9.69 Å². The molecule has 1 aliphatic heterocycles. The normalized spacial score (nSPS) is 17.6. The number of carboxylic acid groups (broad SMARTS) is 1. The molecule has 1 atom stereocenters. The predicted octanol–water partition coefficient (Wildman–Crippen LogP) is 3.03. The van der Waals surface area contributed by atoms with Crippen LogP contribution in [0.5, 0.6) is 0 Å². The highest BCUT2D eigenvalue weighted by Crippen LogP contribution is 2.18. The fourth-order valence-electron chi connectivity index (χ4n) is 3.40. The zero-order chi connectivity index (χ0) is 18.4. The number of carboxylic acids is 1. The van der Waals surface area contributed by atoms with E-state index in [9.17, 15) is 9.59 Å². The molecule has 136 valence electrons. The van der Waals surface area contributed by atoms with Crippen molar-refractivity contribution in [2.45, 2.75) is 19.4 Å². The molecule has 2 aromatic carbocycles. The van der Waals surface area contributed by atoms with Crippen LogP contribution < -0.4 is 5.32 Å². The molecular formula is C21H24N2O3. The van der Waals surface area contributed by atoms with Gasteiger partial charge in [0.1, 0.15) is 0 Å². The van der Waals surface area contributed by atoms with Gasteiger partial charge in [-0.05, 0) is 55.1 Å². The first kappa shape index (κ1) is 18.1. The summed E-state index contributed by atoms with van der Waals surface area (Å²) in [5.41, 5.74) is 2.12. The SMILES string of the molecule is O=C(O)c1ccc(CN2CCCC(CNC(=O)c3ccccc3)C2)cc1.